The van der Waals surface area contributed by atoms with Crippen molar-refractivity contribution >= 4 is 11.6 Å². The van der Waals surface area contributed by atoms with Crippen molar-refractivity contribution in [2.24, 2.45) is 0 Å². The number of aryl methyl sites for hydroxylation is 1. The number of carbonyl (C=O) groups excluding carboxylic acids is 1. The highest BCUT2D eigenvalue weighted by molar-refractivity contribution is 5.77. The van der Waals surface area contributed by atoms with Crippen molar-refractivity contribution in [1.29, 1.82) is 0 Å². The molecule has 0 spiro atoms. The van der Waals surface area contributed by atoms with E-state index < -0.39 is 0 Å². The van der Waals surface area contributed by atoms with Gasteiger partial charge in [0.2, 0.25) is 0 Å². The molecule has 2 rings (SSSR count). The Hall–Kier alpha value is -2.50. The first-order chi connectivity index (χ1) is 9.13. The van der Waals surface area contributed by atoms with Gasteiger partial charge < -0.3 is 20.3 Å². The second kappa shape index (κ2) is 5.90. The van der Waals surface area contributed by atoms with Crippen LogP contribution in [0, 0.1) is 6.92 Å². The van der Waals surface area contributed by atoms with Gasteiger partial charge in [0, 0.05) is 17.8 Å². The van der Waals surface area contributed by atoms with E-state index in [1.54, 1.807) is 30.3 Å². The third-order valence-corrected chi connectivity index (χ3v) is 2.36. The fraction of sp³-hybridized carbons (Fsp3) is 0.231. The van der Waals surface area contributed by atoms with Crippen molar-refractivity contribution in [3.8, 4) is 5.75 Å². The molecule has 0 saturated carbocycles. The van der Waals surface area contributed by atoms with Crippen molar-refractivity contribution in [3.63, 3.8) is 0 Å². The summed E-state index contributed by atoms with van der Waals surface area (Å²) in [5, 5.41) is 6.39. The van der Waals surface area contributed by atoms with Crippen LogP contribution in [0.15, 0.2) is 34.9 Å². The molecule has 0 aliphatic rings. The lowest BCUT2D eigenvalue weighted by Crippen LogP contribution is -2.28. The van der Waals surface area contributed by atoms with E-state index in [-0.39, 0.29) is 12.5 Å². The number of hydrogen-bond acceptors (Lipinski definition) is 5. The van der Waals surface area contributed by atoms with E-state index in [2.05, 4.69) is 10.5 Å². The van der Waals surface area contributed by atoms with E-state index in [9.17, 15) is 4.79 Å². The van der Waals surface area contributed by atoms with Crippen LogP contribution in [0.1, 0.15) is 11.5 Å². The van der Waals surface area contributed by atoms with E-state index in [1.807, 2.05) is 6.92 Å². The van der Waals surface area contributed by atoms with Gasteiger partial charge in [0.25, 0.3) is 5.91 Å². The molecule has 6 nitrogen and oxygen atoms in total. The zero-order valence-corrected chi connectivity index (χ0v) is 10.6. The minimum atomic E-state index is -0.239. The summed E-state index contributed by atoms with van der Waals surface area (Å²) in [6.07, 6.45) is 0. The maximum Gasteiger partial charge on any atom is 0.258 e. The molecule has 6 heteroatoms. The number of hydrogen-bond donors (Lipinski definition) is 2. The largest absolute Gasteiger partial charge is 0.484 e. The van der Waals surface area contributed by atoms with Crippen LogP contribution in [0.25, 0.3) is 0 Å². The third-order valence-electron chi connectivity index (χ3n) is 2.36. The first-order valence-electron chi connectivity index (χ1n) is 5.81. The van der Waals surface area contributed by atoms with E-state index in [4.69, 9.17) is 15.0 Å². The number of nitrogens with one attached hydrogen (secondary N) is 1. The predicted octanol–water partition coefficient (Wildman–Crippen LogP) is 1.26. The van der Waals surface area contributed by atoms with Crippen LogP contribution in [0.2, 0.25) is 0 Å². The molecule has 1 heterocycles. The number of nitrogens with two attached hydrogens (primary N) is 1. The molecule has 2 aromatic rings. The van der Waals surface area contributed by atoms with Gasteiger partial charge in [0.05, 0.1) is 12.2 Å². The molecule has 0 radical (unpaired) electrons. The highest BCUT2D eigenvalue weighted by Crippen LogP contribution is 2.14. The molecule has 0 unspecified atom stereocenters. The van der Waals surface area contributed by atoms with Gasteiger partial charge in [-0.05, 0) is 19.1 Å². The molecule has 0 saturated heterocycles. The van der Waals surface area contributed by atoms with Gasteiger partial charge in [-0.1, -0.05) is 11.2 Å². The van der Waals surface area contributed by atoms with Crippen LogP contribution >= 0.6 is 0 Å². The Balaban J connectivity index is 1.75. The summed E-state index contributed by atoms with van der Waals surface area (Å²) in [5.41, 5.74) is 6.97. The van der Waals surface area contributed by atoms with Crippen molar-refractivity contribution in [3.05, 3.63) is 41.8 Å². The van der Waals surface area contributed by atoms with Crippen LogP contribution < -0.4 is 15.8 Å². The SMILES string of the molecule is Cc1cc(CNC(=O)COc2cccc(N)c2)on1. The molecule has 0 aliphatic heterocycles. The number of ether oxygens (including phenoxy) is 1. The molecule has 1 aromatic carbocycles. The Morgan fingerprint density at radius 1 is 1.47 bits per heavy atom. The summed E-state index contributed by atoms with van der Waals surface area (Å²) < 4.78 is 10.3. The highest BCUT2D eigenvalue weighted by Gasteiger charge is 2.05. The fourth-order valence-corrected chi connectivity index (χ4v) is 1.49. The Morgan fingerprint density at radius 3 is 3.00 bits per heavy atom. The smallest absolute Gasteiger partial charge is 0.258 e. The molecule has 19 heavy (non-hydrogen) atoms. The Kier molecular flexibility index (Phi) is 4.02. The number of anilines is 1. The lowest BCUT2D eigenvalue weighted by Gasteiger charge is -2.06. The average Bonchev–Trinajstić information content (AvgIpc) is 2.80. The van der Waals surface area contributed by atoms with Crippen molar-refractivity contribution in [1.82, 2.24) is 10.5 Å². The van der Waals surface area contributed by atoms with Crippen molar-refractivity contribution in [2.45, 2.75) is 13.5 Å². The van der Waals surface area contributed by atoms with Gasteiger partial charge in [-0.2, -0.15) is 0 Å². The number of carbonyl (C=O) groups is 1. The topological polar surface area (TPSA) is 90.4 Å². The predicted molar refractivity (Wildman–Crippen MR) is 69.4 cm³/mol. The maximum atomic E-state index is 11.6. The summed E-state index contributed by atoms with van der Waals surface area (Å²) in [6.45, 7) is 2.04. The quantitative estimate of drug-likeness (QED) is 0.791. The summed E-state index contributed by atoms with van der Waals surface area (Å²) in [5.74, 6) is 0.928. The molecule has 3 N–H and O–H groups in total. The van der Waals surface area contributed by atoms with Gasteiger partial charge >= 0.3 is 0 Å². The Labute approximate surface area is 110 Å². The summed E-state index contributed by atoms with van der Waals surface area (Å²) in [6, 6.07) is 8.68. The molecule has 0 aliphatic carbocycles. The van der Waals surface area contributed by atoms with Gasteiger partial charge in [0.1, 0.15) is 5.75 Å². The van der Waals surface area contributed by atoms with Gasteiger partial charge in [-0.15, -0.1) is 0 Å². The second-order valence-corrected chi connectivity index (χ2v) is 4.07. The maximum absolute atomic E-state index is 11.6. The number of amides is 1. The molecule has 100 valence electrons. The molecule has 0 bridgehead atoms. The second-order valence-electron chi connectivity index (χ2n) is 4.07. The molecule has 0 atom stereocenters. The lowest BCUT2D eigenvalue weighted by atomic mass is 10.3. The monoisotopic (exact) mass is 261 g/mol. The lowest BCUT2D eigenvalue weighted by molar-refractivity contribution is -0.123. The number of nitrogens with zero attached hydrogens (tertiary/aromatic N) is 1. The van der Waals surface area contributed by atoms with Gasteiger partial charge in [-0.25, -0.2) is 0 Å². The van der Waals surface area contributed by atoms with E-state index in [0.717, 1.165) is 5.69 Å². The Bertz CT molecular complexity index is 566. The number of rotatable bonds is 5. The molecular formula is C13H15N3O3. The standard InChI is InChI=1S/C13H15N3O3/c1-9-5-12(19-16-9)7-15-13(17)8-18-11-4-2-3-10(14)6-11/h2-6H,7-8,14H2,1H3,(H,15,17). The average molecular weight is 261 g/mol. The zero-order valence-electron chi connectivity index (χ0n) is 10.6. The zero-order chi connectivity index (χ0) is 13.7. The van der Waals surface area contributed by atoms with E-state index >= 15 is 0 Å². The van der Waals surface area contributed by atoms with Crippen LogP contribution in [-0.4, -0.2) is 17.7 Å². The first-order valence-corrected chi connectivity index (χ1v) is 5.81. The molecule has 1 aromatic heterocycles. The van der Waals surface area contributed by atoms with Crippen LogP contribution in [-0.2, 0) is 11.3 Å². The minimum absolute atomic E-state index is 0.0728. The normalized spacial score (nSPS) is 10.2. The van der Waals surface area contributed by atoms with Crippen molar-refractivity contribution < 1.29 is 14.1 Å². The highest BCUT2D eigenvalue weighted by atomic mass is 16.5. The van der Waals surface area contributed by atoms with Gasteiger partial charge in [-0.3, -0.25) is 4.79 Å². The van der Waals surface area contributed by atoms with Crippen LogP contribution in [0.5, 0.6) is 5.75 Å². The van der Waals surface area contributed by atoms with Crippen LogP contribution in [0.3, 0.4) is 0 Å². The minimum Gasteiger partial charge on any atom is -0.484 e. The summed E-state index contributed by atoms with van der Waals surface area (Å²) >= 11 is 0. The van der Waals surface area contributed by atoms with Crippen LogP contribution in [0.4, 0.5) is 5.69 Å². The van der Waals surface area contributed by atoms with Gasteiger partial charge in [0.15, 0.2) is 12.4 Å². The number of nitrogen functional groups attached to an aromatic ring is 1. The number of aromatic nitrogens is 1. The summed E-state index contributed by atoms with van der Waals surface area (Å²) in [4.78, 5) is 11.6. The molecule has 1 amide bonds. The van der Waals surface area contributed by atoms with Crippen molar-refractivity contribution in [2.75, 3.05) is 12.3 Å². The fourth-order valence-electron chi connectivity index (χ4n) is 1.49. The molecule has 0 fully saturated rings. The summed E-state index contributed by atoms with van der Waals surface area (Å²) in [7, 11) is 0. The Morgan fingerprint density at radius 2 is 2.32 bits per heavy atom. The third kappa shape index (κ3) is 4.02. The first kappa shape index (κ1) is 12.9. The van der Waals surface area contributed by atoms with E-state index in [1.165, 1.54) is 0 Å². The molecular weight excluding hydrogens is 246 g/mol. The van der Waals surface area contributed by atoms with E-state index in [0.29, 0.717) is 23.7 Å². The number of benzene rings is 1.